The van der Waals surface area contributed by atoms with Crippen molar-refractivity contribution in [2.24, 2.45) is 0 Å². The Morgan fingerprint density at radius 2 is 1.94 bits per heavy atom. The molecule has 3 aromatic rings. The molecule has 0 saturated heterocycles. The Balaban J connectivity index is 1.63. The highest BCUT2D eigenvalue weighted by molar-refractivity contribution is 7.92. The van der Waals surface area contributed by atoms with Crippen LogP contribution in [0.25, 0.3) is 10.2 Å². The van der Waals surface area contributed by atoms with Gasteiger partial charge in [-0.25, -0.2) is 8.42 Å². The van der Waals surface area contributed by atoms with E-state index in [1.807, 2.05) is 33.8 Å². The molecule has 1 unspecified atom stereocenters. The Morgan fingerprint density at radius 1 is 1.21 bits per heavy atom. The van der Waals surface area contributed by atoms with E-state index in [9.17, 15) is 18.0 Å². The number of aromatic nitrogens is 1. The molecule has 0 radical (unpaired) electrons. The zero-order chi connectivity index (χ0) is 24.1. The third kappa shape index (κ3) is 4.49. The summed E-state index contributed by atoms with van der Waals surface area (Å²) in [4.78, 5) is 25.1. The largest absolute Gasteiger partial charge is 0.476 e. The number of hydrogen-bond acceptors (Lipinski definition) is 6. The number of fused-ring (bicyclic) bond motifs is 2. The van der Waals surface area contributed by atoms with Crippen molar-refractivity contribution < 1.29 is 17.9 Å². The van der Waals surface area contributed by atoms with Crippen LogP contribution in [0.4, 0.5) is 11.4 Å². The van der Waals surface area contributed by atoms with E-state index in [4.69, 9.17) is 4.74 Å². The van der Waals surface area contributed by atoms with E-state index < -0.39 is 22.0 Å². The number of aryl methyl sites for hydroxylation is 1. The first-order valence-electron chi connectivity index (χ1n) is 10.6. The second-order valence-corrected chi connectivity index (χ2v) is 12.0. The maximum atomic E-state index is 13.0. The van der Waals surface area contributed by atoms with E-state index in [1.165, 1.54) is 4.31 Å². The number of anilines is 2. The summed E-state index contributed by atoms with van der Waals surface area (Å²) >= 11 is 1.12. The van der Waals surface area contributed by atoms with Gasteiger partial charge in [-0.15, -0.1) is 0 Å². The first kappa shape index (κ1) is 23.3. The minimum absolute atomic E-state index is 0.0541. The van der Waals surface area contributed by atoms with E-state index in [-0.39, 0.29) is 16.8 Å². The molecule has 1 atom stereocenters. The van der Waals surface area contributed by atoms with Gasteiger partial charge in [0, 0.05) is 12.2 Å². The molecule has 1 amide bonds. The molecule has 4 rings (SSSR count). The molecule has 8 nitrogen and oxygen atoms in total. The topological polar surface area (TPSA) is 97.7 Å². The van der Waals surface area contributed by atoms with E-state index in [1.54, 1.807) is 34.9 Å². The number of carbonyl (C=O) groups is 1. The predicted molar refractivity (Wildman–Crippen MR) is 132 cm³/mol. The highest BCUT2D eigenvalue weighted by Gasteiger charge is 2.36. The van der Waals surface area contributed by atoms with Crippen molar-refractivity contribution in [1.29, 1.82) is 0 Å². The van der Waals surface area contributed by atoms with Gasteiger partial charge in [-0.2, -0.15) is 0 Å². The van der Waals surface area contributed by atoms with Gasteiger partial charge < -0.3 is 10.1 Å². The Morgan fingerprint density at radius 3 is 2.58 bits per heavy atom. The maximum Gasteiger partial charge on any atom is 0.308 e. The number of benzene rings is 2. The SMILES string of the molecule is CCn1c(=O)sc2cc(NC(=O)C3CN(S(C)(=O)=O)c4cc(C(C)(C)C)ccc4O3)ccc21. The van der Waals surface area contributed by atoms with Crippen LogP contribution in [0.1, 0.15) is 33.3 Å². The van der Waals surface area contributed by atoms with E-state index >= 15 is 0 Å². The molecule has 10 heteroatoms. The molecule has 0 spiro atoms. The van der Waals surface area contributed by atoms with Crippen LogP contribution in [0.2, 0.25) is 0 Å². The third-order valence-corrected chi connectivity index (χ3v) is 7.73. The van der Waals surface area contributed by atoms with Crippen LogP contribution in [-0.4, -0.2) is 37.8 Å². The van der Waals surface area contributed by atoms with Crippen molar-refractivity contribution in [2.75, 3.05) is 22.4 Å². The van der Waals surface area contributed by atoms with Gasteiger partial charge in [0.15, 0.2) is 6.10 Å². The van der Waals surface area contributed by atoms with E-state index in [2.05, 4.69) is 5.32 Å². The maximum absolute atomic E-state index is 13.0. The lowest BCUT2D eigenvalue weighted by atomic mass is 9.86. The summed E-state index contributed by atoms with van der Waals surface area (Å²) in [6, 6.07) is 10.7. The van der Waals surface area contributed by atoms with Gasteiger partial charge >= 0.3 is 4.87 Å². The van der Waals surface area contributed by atoms with Gasteiger partial charge in [0.2, 0.25) is 10.0 Å². The second-order valence-electron chi connectivity index (χ2n) is 9.12. The number of nitrogens with zero attached hydrogens (tertiary/aromatic N) is 2. The summed E-state index contributed by atoms with van der Waals surface area (Å²) in [5, 5.41) is 2.80. The fourth-order valence-corrected chi connectivity index (χ4v) is 5.74. The zero-order valence-corrected chi connectivity index (χ0v) is 20.8. The Bertz CT molecular complexity index is 1400. The molecule has 1 N–H and O–H groups in total. The fraction of sp³-hybridized carbons (Fsp3) is 0.391. The fourth-order valence-electron chi connectivity index (χ4n) is 3.83. The summed E-state index contributed by atoms with van der Waals surface area (Å²) < 4.78 is 34.7. The second kappa shape index (κ2) is 8.18. The van der Waals surface area contributed by atoms with Crippen LogP contribution in [0.15, 0.2) is 41.2 Å². The van der Waals surface area contributed by atoms with Crippen LogP contribution in [0.5, 0.6) is 5.75 Å². The average Bonchev–Trinajstić information content (AvgIpc) is 3.05. The molecule has 2 heterocycles. The Kier molecular flexibility index (Phi) is 5.78. The first-order valence-corrected chi connectivity index (χ1v) is 13.3. The highest BCUT2D eigenvalue weighted by atomic mass is 32.2. The first-order chi connectivity index (χ1) is 15.4. The lowest BCUT2D eigenvalue weighted by Crippen LogP contribution is -2.48. The lowest BCUT2D eigenvalue weighted by Gasteiger charge is -2.35. The number of hydrogen-bond donors (Lipinski definition) is 1. The minimum Gasteiger partial charge on any atom is -0.476 e. The number of rotatable bonds is 4. The summed E-state index contributed by atoms with van der Waals surface area (Å²) in [7, 11) is -3.64. The summed E-state index contributed by atoms with van der Waals surface area (Å²) in [5.41, 5.74) is 2.55. The highest BCUT2D eigenvalue weighted by Crippen LogP contribution is 2.38. The molecule has 0 fully saturated rings. The van der Waals surface area contributed by atoms with Crippen molar-refractivity contribution in [2.45, 2.75) is 45.8 Å². The standard InChI is InChI=1S/C23H27N3O5S2/c1-6-25-16-9-8-15(12-20(16)32-22(25)28)24-21(27)19-13-26(33(5,29)30)17-11-14(23(2,3)4)7-10-18(17)31-19/h7-12,19H,6,13H2,1-5H3,(H,24,27). The van der Waals surface area contributed by atoms with Gasteiger partial charge in [0.25, 0.3) is 5.91 Å². The Labute approximate surface area is 196 Å². The average molecular weight is 490 g/mol. The molecule has 1 aliphatic heterocycles. The molecule has 1 aromatic heterocycles. The summed E-state index contributed by atoms with van der Waals surface area (Å²) in [6.07, 6.45) is 0.0945. The van der Waals surface area contributed by atoms with Crippen molar-refractivity contribution >= 4 is 48.9 Å². The van der Waals surface area contributed by atoms with Crippen LogP contribution in [0, 0.1) is 0 Å². The molecule has 176 valence electrons. The van der Waals surface area contributed by atoms with Gasteiger partial charge in [0.1, 0.15) is 5.75 Å². The van der Waals surface area contributed by atoms with Crippen molar-refractivity contribution in [3.8, 4) is 5.75 Å². The van der Waals surface area contributed by atoms with Gasteiger partial charge in [-0.1, -0.05) is 38.2 Å². The summed E-state index contributed by atoms with van der Waals surface area (Å²) in [6.45, 7) is 8.47. The smallest absolute Gasteiger partial charge is 0.308 e. The van der Waals surface area contributed by atoms with Crippen LogP contribution in [0.3, 0.4) is 0 Å². The van der Waals surface area contributed by atoms with Crippen molar-refractivity contribution in [3.05, 3.63) is 51.6 Å². The molecule has 1 aliphatic rings. The molecule has 0 bridgehead atoms. The van der Waals surface area contributed by atoms with Gasteiger partial charge in [0.05, 0.1) is 28.7 Å². The zero-order valence-electron chi connectivity index (χ0n) is 19.2. The van der Waals surface area contributed by atoms with Crippen molar-refractivity contribution in [3.63, 3.8) is 0 Å². The molecule has 0 saturated carbocycles. The number of amides is 1. The minimum atomic E-state index is -3.64. The number of carbonyl (C=O) groups excluding carboxylic acids is 1. The van der Waals surface area contributed by atoms with Crippen LogP contribution >= 0.6 is 11.3 Å². The number of sulfonamides is 1. The number of thiazole rings is 1. The quantitative estimate of drug-likeness (QED) is 0.605. The van der Waals surface area contributed by atoms with Gasteiger partial charge in [-0.05, 0) is 48.2 Å². The molecule has 0 aliphatic carbocycles. The van der Waals surface area contributed by atoms with E-state index in [0.29, 0.717) is 23.7 Å². The van der Waals surface area contributed by atoms with E-state index in [0.717, 1.165) is 33.4 Å². The van der Waals surface area contributed by atoms with Crippen molar-refractivity contribution in [1.82, 2.24) is 4.57 Å². The van der Waals surface area contributed by atoms with Crippen LogP contribution < -0.4 is 19.2 Å². The third-order valence-electron chi connectivity index (χ3n) is 5.64. The molecular weight excluding hydrogens is 462 g/mol. The Hall–Kier alpha value is -2.85. The molecular formula is C23H27N3O5S2. The lowest BCUT2D eigenvalue weighted by molar-refractivity contribution is -0.122. The number of ether oxygens (including phenoxy) is 1. The predicted octanol–water partition coefficient (Wildman–Crippen LogP) is 3.55. The normalized spacial score (nSPS) is 16.4. The molecule has 2 aromatic carbocycles. The van der Waals surface area contributed by atoms with Crippen LogP contribution in [-0.2, 0) is 26.8 Å². The monoisotopic (exact) mass is 489 g/mol. The molecule has 33 heavy (non-hydrogen) atoms. The number of nitrogens with one attached hydrogen (secondary N) is 1. The summed E-state index contributed by atoms with van der Waals surface area (Å²) in [5.74, 6) is -0.121. The van der Waals surface area contributed by atoms with Gasteiger partial charge in [-0.3, -0.25) is 18.5 Å².